The van der Waals surface area contributed by atoms with Crippen molar-refractivity contribution in [3.63, 3.8) is 0 Å². The normalized spacial score (nSPS) is 12.6. The van der Waals surface area contributed by atoms with Crippen molar-refractivity contribution in [2.75, 3.05) is 18.6 Å². The third-order valence-corrected chi connectivity index (χ3v) is 4.90. The lowest BCUT2D eigenvalue weighted by atomic mass is 10.2. The lowest BCUT2D eigenvalue weighted by Crippen LogP contribution is -2.42. The molecule has 1 aromatic heterocycles. The summed E-state index contributed by atoms with van der Waals surface area (Å²) in [6.45, 7) is 4.74. The highest BCUT2D eigenvalue weighted by atomic mass is 127. The van der Waals surface area contributed by atoms with Gasteiger partial charge in [0.25, 0.3) is 0 Å². The van der Waals surface area contributed by atoms with Crippen LogP contribution in [0.2, 0.25) is 0 Å². The highest BCUT2D eigenvalue weighted by Crippen LogP contribution is 2.24. The van der Waals surface area contributed by atoms with E-state index in [0.717, 1.165) is 0 Å². The van der Waals surface area contributed by atoms with Gasteiger partial charge in [0.15, 0.2) is 17.5 Å². The molecule has 0 aliphatic heterocycles. The number of halogens is 2. The van der Waals surface area contributed by atoms with Gasteiger partial charge in [-0.2, -0.15) is 0 Å². The third kappa shape index (κ3) is 9.70. The van der Waals surface area contributed by atoms with Gasteiger partial charge in [0.2, 0.25) is 0 Å². The molecule has 1 atom stereocenters. The van der Waals surface area contributed by atoms with Gasteiger partial charge in [-0.25, -0.2) is 17.8 Å². The van der Waals surface area contributed by atoms with Crippen LogP contribution in [0, 0.1) is 5.82 Å². The number of nitrogens with zero attached hydrogens (tertiary/aromatic N) is 2. The van der Waals surface area contributed by atoms with E-state index in [1.54, 1.807) is 30.5 Å². The van der Waals surface area contributed by atoms with Crippen LogP contribution < -0.4 is 15.4 Å². The SMILES string of the molecule is CCNC(=NCc1ccc(Oc2cccnc2)c(F)c1)NC(C)CCS(C)(=O)=O.I. The Morgan fingerprint density at radius 2 is 2.10 bits per heavy atom. The van der Waals surface area contributed by atoms with Gasteiger partial charge < -0.3 is 15.4 Å². The van der Waals surface area contributed by atoms with Crippen LogP contribution in [0.15, 0.2) is 47.7 Å². The van der Waals surface area contributed by atoms with Gasteiger partial charge in [0, 0.05) is 25.0 Å². The molecule has 0 aliphatic carbocycles. The van der Waals surface area contributed by atoms with Crippen molar-refractivity contribution in [3.05, 3.63) is 54.1 Å². The molecule has 0 spiro atoms. The minimum absolute atomic E-state index is 0. The predicted molar refractivity (Wildman–Crippen MR) is 128 cm³/mol. The van der Waals surface area contributed by atoms with Crippen molar-refractivity contribution in [1.29, 1.82) is 0 Å². The van der Waals surface area contributed by atoms with E-state index in [4.69, 9.17) is 4.74 Å². The summed E-state index contributed by atoms with van der Waals surface area (Å²) in [5, 5.41) is 6.27. The van der Waals surface area contributed by atoms with Crippen LogP contribution in [0.3, 0.4) is 0 Å². The Hall–Kier alpha value is -1.95. The first-order valence-electron chi connectivity index (χ1n) is 9.35. The maximum absolute atomic E-state index is 14.3. The quantitative estimate of drug-likeness (QED) is 0.282. The zero-order chi connectivity index (χ0) is 21.3. The Kier molecular flexibility index (Phi) is 11.0. The van der Waals surface area contributed by atoms with E-state index in [1.165, 1.54) is 18.5 Å². The van der Waals surface area contributed by atoms with Crippen molar-refractivity contribution in [2.24, 2.45) is 4.99 Å². The third-order valence-electron chi connectivity index (χ3n) is 3.93. The van der Waals surface area contributed by atoms with E-state index < -0.39 is 15.7 Å². The van der Waals surface area contributed by atoms with Crippen molar-refractivity contribution in [3.8, 4) is 11.5 Å². The summed E-state index contributed by atoms with van der Waals surface area (Å²) in [6, 6.07) is 8.02. The van der Waals surface area contributed by atoms with Gasteiger partial charge in [-0.05, 0) is 50.1 Å². The highest BCUT2D eigenvalue weighted by molar-refractivity contribution is 14.0. The van der Waals surface area contributed by atoms with E-state index in [1.807, 2.05) is 13.8 Å². The summed E-state index contributed by atoms with van der Waals surface area (Å²) in [7, 11) is -3.01. The van der Waals surface area contributed by atoms with Gasteiger partial charge in [0.1, 0.15) is 15.6 Å². The first-order valence-corrected chi connectivity index (χ1v) is 11.4. The van der Waals surface area contributed by atoms with Crippen molar-refractivity contribution in [1.82, 2.24) is 15.6 Å². The van der Waals surface area contributed by atoms with E-state index in [-0.39, 0.29) is 48.1 Å². The Morgan fingerprint density at radius 1 is 1.33 bits per heavy atom. The zero-order valence-corrected chi connectivity index (χ0v) is 20.4. The average Bonchev–Trinajstić information content (AvgIpc) is 2.67. The van der Waals surface area contributed by atoms with Crippen LogP contribution in [0.25, 0.3) is 0 Å². The molecule has 166 valence electrons. The maximum atomic E-state index is 14.3. The first-order chi connectivity index (χ1) is 13.8. The van der Waals surface area contributed by atoms with Crippen molar-refractivity contribution in [2.45, 2.75) is 32.9 Å². The zero-order valence-electron chi connectivity index (χ0n) is 17.3. The van der Waals surface area contributed by atoms with E-state index in [0.29, 0.717) is 30.2 Å². The number of aliphatic imine (C=N–C) groups is 1. The van der Waals surface area contributed by atoms with Gasteiger partial charge in [-0.1, -0.05) is 6.07 Å². The van der Waals surface area contributed by atoms with Crippen molar-refractivity contribution >= 4 is 39.8 Å². The summed E-state index contributed by atoms with van der Waals surface area (Å²) in [5.41, 5.74) is 0.682. The van der Waals surface area contributed by atoms with Crippen LogP contribution in [0.1, 0.15) is 25.8 Å². The van der Waals surface area contributed by atoms with Gasteiger partial charge in [0.05, 0.1) is 18.5 Å². The molecule has 1 heterocycles. The Bertz CT molecular complexity index is 927. The lowest BCUT2D eigenvalue weighted by molar-refractivity contribution is 0.440. The second-order valence-electron chi connectivity index (χ2n) is 6.71. The number of aromatic nitrogens is 1. The monoisotopic (exact) mass is 550 g/mol. The fourth-order valence-electron chi connectivity index (χ4n) is 2.45. The second-order valence-corrected chi connectivity index (χ2v) is 8.97. The Balaban J connectivity index is 0.00000450. The summed E-state index contributed by atoms with van der Waals surface area (Å²) in [6.07, 6.45) is 4.81. The minimum atomic E-state index is -3.01. The molecule has 0 fully saturated rings. The number of guanidine groups is 1. The van der Waals surface area contributed by atoms with E-state index >= 15 is 0 Å². The average molecular weight is 550 g/mol. The molecule has 7 nitrogen and oxygen atoms in total. The molecule has 2 N–H and O–H groups in total. The Labute approximate surface area is 194 Å². The lowest BCUT2D eigenvalue weighted by Gasteiger charge is -2.17. The first kappa shape index (κ1) is 26.1. The molecule has 1 unspecified atom stereocenters. The number of nitrogens with one attached hydrogen (secondary N) is 2. The highest BCUT2D eigenvalue weighted by Gasteiger charge is 2.10. The van der Waals surface area contributed by atoms with Gasteiger partial charge in [-0.3, -0.25) is 4.98 Å². The molecule has 0 aliphatic rings. The maximum Gasteiger partial charge on any atom is 0.191 e. The molecule has 2 aromatic rings. The fraction of sp³-hybridized carbons (Fsp3) is 0.400. The molecule has 2 rings (SSSR count). The van der Waals surface area contributed by atoms with E-state index in [9.17, 15) is 12.8 Å². The van der Waals surface area contributed by atoms with Gasteiger partial charge in [-0.15, -0.1) is 24.0 Å². The fourth-order valence-corrected chi connectivity index (χ4v) is 3.23. The molecular formula is C20H28FIN4O3S. The summed E-state index contributed by atoms with van der Waals surface area (Å²) in [4.78, 5) is 8.38. The second kappa shape index (κ2) is 12.7. The molecule has 30 heavy (non-hydrogen) atoms. The molecule has 10 heteroatoms. The largest absolute Gasteiger partial charge is 0.453 e. The van der Waals surface area contributed by atoms with Crippen LogP contribution in [-0.4, -0.2) is 44.0 Å². The van der Waals surface area contributed by atoms with E-state index in [2.05, 4.69) is 20.6 Å². The molecular weight excluding hydrogens is 522 g/mol. The summed E-state index contributed by atoms with van der Waals surface area (Å²) < 4.78 is 42.5. The minimum Gasteiger partial charge on any atom is -0.453 e. The molecule has 0 saturated carbocycles. The van der Waals surface area contributed by atoms with Crippen LogP contribution in [0.5, 0.6) is 11.5 Å². The van der Waals surface area contributed by atoms with Crippen molar-refractivity contribution < 1.29 is 17.5 Å². The Morgan fingerprint density at radius 3 is 2.70 bits per heavy atom. The number of hydrogen-bond donors (Lipinski definition) is 2. The molecule has 1 aromatic carbocycles. The number of benzene rings is 1. The number of hydrogen-bond acceptors (Lipinski definition) is 5. The summed E-state index contributed by atoms with van der Waals surface area (Å²) >= 11 is 0. The molecule has 0 bridgehead atoms. The smallest absolute Gasteiger partial charge is 0.191 e. The molecule has 0 radical (unpaired) electrons. The molecule has 0 amide bonds. The standard InChI is InChI=1S/C20H27FN4O3S.HI/c1-4-23-20(25-15(2)9-11-29(3,26)27)24-13-16-7-8-19(18(21)12-16)28-17-6-5-10-22-14-17;/h5-8,10,12,14-15H,4,9,11,13H2,1-3H3,(H2,23,24,25);1H. The summed E-state index contributed by atoms with van der Waals surface area (Å²) in [5.74, 6) is 0.735. The number of rotatable bonds is 9. The van der Waals surface area contributed by atoms with Gasteiger partial charge >= 0.3 is 0 Å². The predicted octanol–water partition coefficient (Wildman–Crippen LogP) is 3.51. The number of pyridine rings is 1. The number of ether oxygens (including phenoxy) is 1. The number of sulfone groups is 1. The molecule has 0 saturated heterocycles. The van der Waals surface area contributed by atoms with Crippen LogP contribution in [0.4, 0.5) is 4.39 Å². The topological polar surface area (TPSA) is 92.7 Å². The van der Waals surface area contributed by atoms with Crippen LogP contribution in [-0.2, 0) is 16.4 Å². The van der Waals surface area contributed by atoms with Crippen LogP contribution >= 0.6 is 24.0 Å².